The molecule has 118 valence electrons. The number of amides is 1. The van der Waals surface area contributed by atoms with Crippen LogP contribution in [0.5, 0.6) is 0 Å². The van der Waals surface area contributed by atoms with E-state index in [1.807, 2.05) is 39.7 Å². The molecule has 0 bridgehead atoms. The second-order valence-electron chi connectivity index (χ2n) is 5.29. The van der Waals surface area contributed by atoms with Crippen LogP contribution in [0.4, 0.5) is 0 Å². The van der Waals surface area contributed by atoms with Crippen LogP contribution in [0.15, 0.2) is 41.7 Å². The van der Waals surface area contributed by atoms with Crippen molar-refractivity contribution in [3.8, 4) is 0 Å². The number of thioether (sulfide) groups is 1. The third-order valence-electron chi connectivity index (χ3n) is 3.61. The third-order valence-corrected chi connectivity index (χ3v) is 4.33. The van der Waals surface area contributed by atoms with E-state index in [0.717, 1.165) is 5.03 Å². The minimum absolute atomic E-state index is 0.0847. The molecule has 22 heavy (non-hydrogen) atoms. The highest BCUT2D eigenvalue weighted by Gasteiger charge is 2.19. The lowest BCUT2D eigenvalue weighted by molar-refractivity contribution is 0.0937. The molecule has 0 aliphatic rings. The third kappa shape index (κ3) is 3.69. The molecule has 2 aromatic rings. The van der Waals surface area contributed by atoms with E-state index in [-0.39, 0.29) is 11.9 Å². The highest BCUT2D eigenvalue weighted by atomic mass is 32.2. The summed E-state index contributed by atoms with van der Waals surface area (Å²) < 4.78 is 2.08. The number of hydrogen-bond donors (Lipinski definition) is 1. The SMILES string of the molecule is CSc1ncccc1C(=O)NCC(c1cccn1C)N(C)C. The molecule has 1 N–H and O–H groups in total. The average molecular weight is 318 g/mol. The van der Waals surface area contributed by atoms with Crippen molar-refractivity contribution in [2.75, 3.05) is 26.9 Å². The number of pyridine rings is 1. The Labute approximate surface area is 135 Å². The Morgan fingerprint density at radius 3 is 2.77 bits per heavy atom. The molecule has 2 aromatic heterocycles. The van der Waals surface area contributed by atoms with Crippen LogP contribution >= 0.6 is 11.8 Å². The largest absolute Gasteiger partial charge is 0.353 e. The second-order valence-corrected chi connectivity index (χ2v) is 6.09. The highest BCUT2D eigenvalue weighted by molar-refractivity contribution is 7.98. The second kappa shape index (κ2) is 7.47. The number of nitrogens with zero attached hydrogens (tertiary/aromatic N) is 3. The van der Waals surface area contributed by atoms with Gasteiger partial charge in [0, 0.05) is 31.7 Å². The lowest BCUT2D eigenvalue weighted by Crippen LogP contribution is -2.35. The first kappa shape index (κ1) is 16.6. The number of aromatic nitrogens is 2. The Morgan fingerprint density at radius 1 is 1.41 bits per heavy atom. The summed E-state index contributed by atoms with van der Waals surface area (Å²) in [7, 11) is 6.04. The van der Waals surface area contributed by atoms with Gasteiger partial charge in [0.2, 0.25) is 0 Å². The zero-order valence-electron chi connectivity index (χ0n) is 13.4. The lowest BCUT2D eigenvalue weighted by atomic mass is 10.1. The molecule has 0 fully saturated rings. The molecule has 0 radical (unpaired) electrons. The van der Waals surface area contributed by atoms with Gasteiger partial charge in [-0.25, -0.2) is 4.98 Å². The van der Waals surface area contributed by atoms with Gasteiger partial charge in [-0.3, -0.25) is 9.69 Å². The predicted octanol–water partition coefficient (Wildman–Crippen LogP) is 2.17. The van der Waals surface area contributed by atoms with Crippen molar-refractivity contribution < 1.29 is 4.79 Å². The molecule has 5 nitrogen and oxygen atoms in total. The van der Waals surface area contributed by atoms with Crippen LogP contribution in [0.2, 0.25) is 0 Å². The topological polar surface area (TPSA) is 50.2 Å². The Kier molecular flexibility index (Phi) is 5.63. The zero-order chi connectivity index (χ0) is 16.1. The van der Waals surface area contributed by atoms with Gasteiger partial charge in [0.1, 0.15) is 5.03 Å². The molecular weight excluding hydrogens is 296 g/mol. The van der Waals surface area contributed by atoms with Gasteiger partial charge in [-0.1, -0.05) is 0 Å². The summed E-state index contributed by atoms with van der Waals surface area (Å²) in [6.07, 6.45) is 5.64. The lowest BCUT2D eigenvalue weighted by Gasteiger charge is -2.25. The summed E-state index contributed by atoms with van der Waals surface area (Å²) >= 11 is 1.48. The maximum atomic E-state index is 12.4. The van der Waals surface area contributed by atoms with Gasteiger partial charge in [0.25, 0.3) is 5.91 Å². The first-order valence-electron chi connectivity index (χ1n) is 7.09. The molecule has 1 amide bonds. The normalized spacial score (nSPS) is 12.4. The molecule has 0 saturated heterocycles. The first-order valence-corrected chi connectivity index (χ1v) is 8.32. The van der Waals surface area contributed by atoms with Crippen LogP contribution in [0.25, 0.3) is 0 Å². The number of aryl methyl sites for hydroxylation is 1. The molecule has 2 rings (SSSR count). The van der Waals surface area contributed by atoms with Gasteiger partial charge in [-0.2, -0.15) is 0 Å². The van der Waals surface area contributed by atoms with E-state index in [2.05, 4.69) is 25.8 Å². The molecule has 0 aliphatic carbocycles. The summed E-state index contributed by atoms with van der Waals surface area (Å²) in [6, 6.07) is 7.81. The van der Waals surface area contributed by atoms with Crippen molar-refractivity contribution >= 4 is 17.7 Å². The summed E-state index contributed by atoms with van der Waals surface area (Å²) in [6.45, 7) is 0.548. The Morgan fingerprint density at radius 2 is 2.18 bits per heavy atom. The van der Waals surface area contributed by atoms with Gasteiger partial charge < -0.3 is 9.88 Å². The van der Waals surface area contributed by atoms with E-state index >= 15 is 0 Å². The highest BCUT2D eigenvalue weighted by Crippen LogP contribution is 2.19. The summed E-state index contributed by atoms with van der Waals surface area (Å²) in [5.41, 5.74) is 1.79. The standard InChI is InChI=1S/C16H22N4OS/c1-19(2)14(13-8-6-10-20(13)3)11-18-15(21)12-7-5-9-17-16(12)22-4/h5-10,14H,11H2,1-4H3,(H,18,21). The van der Waals surface area contributed by atoms with Crippen LogP contribution in [-0.2, 0) is 7.05 Å². The van der Waals surface area contributed by atoms with Crippen molar-refractivity contribution in [2.45, 2.75) is 11.1 Å². The number of rotatable bonds is 6. The number of hydrogen-bond acceptors (Lipinski definition) is 4. The smallest absolute Gasteiger partial charge is 0.254 e. The molecule has 6 heteroatoms. The maximum Gasteiger partial charge on any atom is 0.254 e. The first-order chi connectivity index (χ1) is 10.5. The van der Waals surface area contributed by atoms with Crippen molar-refractivity contribution in [1.82, 2.24) is 19.8 Å². The van der Waals surface area contributed by atoms with Gasteiger partial charge >= 0.3 is 0 Å². The number of carbonyl (C=O) groups excluding carboxylic acids is 1. The molecule has 1 unspecified atom stereocenters. The summed E-state index contributed by atoms with van der Waals surface area (Å²) in [4.78, 5) is 18.8. The van der Waals surface area contributed by atoms with Gasteiger partial charge in [0.15, 0.2) is 0 Å². The number of carbonyl (C=O) groups is 1. The number of nitrogens with one attached hydrogen (secondary N) is 1. The molecule has 0 spiro atoms. The van der Waals surface area contributed by atoms with E-state index in [9.17, 15) is 4.79 Å². The van der Waals surface area contributed by atoms with Crippen LogP contribution in [0.3, 0.4) is 0 Å². The van der Waals surface area contributed by atoms with Crippen LogP contribution in [-0.4, -0.2) is 47.3 Å². The average Bonchev–Trinajstić information content (AvgIpc) is 2.93. The fourth-order valence-electron chi connectivity index (χ4n) is 2.38. The Hall–Kier alpha value is -1.79. The van der Waals surface area contributed by atoms with Crippen LogP contribution in [0.1, 0.15) is 22.1 Å². The summed E-state index contributed by atoms with van der Waals surface area (Å²) in [5, 5.41) is 3.77. The van der Waals surface area contributed by atoms with E-state index in [4.69, 9.17) is 0 Å². The fraction of sp³-hybridized carbons (Fsp3) is 0.375. The van der Waals surface area contributed by atoms with E-state index in [0.29, 0.717) is 12.1 Å². The van der Waals surface area contributed by atoms with E-state index in [1.54, 1.807) is 18.3 Å². The van der Waals surface area contributed by atoms with Gasteiger partial charge in [-0.15, -0.1) is 11.8 Å². The molecular formula is C16H22N4OS. The molecule has 2 heterocycles. The van der Waals surface area contributed by atoms with Crippen LogP contribution < -0.4 is 5.32 Å². The van der Waals surface area contributed by atoms with Crippen molar-refractivity contribution in [3.63, 3.8) is 0 Å². The van der Waals surface area contributed by atoms with E-state index in [1.165, 1.54) is 17.5 Å². The van der Waals surface area contributed by atoms with Crippen molar-refractivity contribution in [2.24, 2.45) is 7.05 Å². The fourth-order valence-corrected chi connectivity index (χ4v) is 2.93. The molecule has 0 saturated carbocycles. The Balaban J connectivity index is 2.10. The summed E-state index contributed by atoms with van der Waals surface area (Å²) in [5.74, 6) is -0.0847. The van der Waals surface area contributed by atoms with E-state index < -0.39 is 0 Å². The minimum atomic E-state index is -0.0847. The van der Waals surface area contributed by atoms with Crippen molar-refractivity contribution in [3.05, 3.63) is 47.9 Å². The molecule has 1 atom stereocenters. The predicted molar refractivity (Wildman–Crippen MR) is 90.2 cm³/mol. The molecule has 0 aromatic carbocycles. The van der Waals surface area contributed by atoms with Crippen LogP contribution in [0, 0.1) is 0 Å². The molecule has 0 aliphatic heterocycles. The van der Waals surface area contributed by atoms with Gasteiger partial charge in [-0.05, 0) is 44.6 Å². The van der Waals surface area contributed by atoms with Crippen molar-refractivity contribution in [1.29, 1.82) is 0 Å². The monoisotopic (exact) mass is 318 g/mol. The quantitative estimate of drug-likeness (QED) is 0.830. The zero-order valence-corrected chi connectivity index (χ0v) is 14.2. The maximum absolute atomic E-state index is 12.4. The number of likely N-dealkylation sites (N-methyl/N-ethyl adjacent to an activating group) is 1. The minimum Gasteiger partial charge on any atom is -0.353 e. The van der Waals surface area contributed by atoms with Gasteiger partial charge in [0.05, 0.1) is 11.6 Å². The Bertz CT molecular complexity index is 639.